The van der Waals surface area contributed by atoms with Gasteiger partial charge in [-0.3, -0.25) is 9.59 Å². The van der Waals surface area contributed by atoms with Crippen LogP contribution in [0.25, 0.3) is 0 Å². The van der Waals surface area contributed by atoms with Gasteiger partial charge < -0.3 is 9.64 Å². The summed E-state index contributed by atoms with van der Waals surface area (Å²) in [6, 6.07) is 15.4. The number of likely N-dealkylation sites (tertiary alicyclic amines) is 1. The number of carbonyl (C=O) groups excluding carboxylic acids is 2. The zero-order valence-electron chi connectivity index (χ0n) is 15.8. The van der Waals surface area contributed by atoms with E-state index in [0.29, 0.717) is 18.8 Å². The van der Waals surface area contributed by atoms with Crippen molar-refractivity contribution in [2.45, 2.75) is 24.7 Å². The van der Waals surface area contributed by atoms with Gasteiger partial charge in [-0.2, -0.15) is 0 Å². The highest BCUT2D eigenvalue weighted by Crippen LogP contribution is 2.25. The molecule has 1 fully saturated rings. The molecule has 5 heteroatoms. The van der Waals surface area contributed by atoms with Crippen molar-refractivity contribution in [3.8, 4) is 5.75 Å². The molecule has 27 heavy (non-hydrogen) atoms. The predicted molar refractivity (Wildman–Crippen MR) is 109 cm³/mol. The third-order valence-electron chi connectivity index (χ3n) is 5.04. The second-order valence-corrected chi connectivity index (χ2v) is 7.82. The Balaban J connectivity index is 1.49. The molecule has 1 amide bonds. The molecule has 0 radical (unpaired) electrons. The number of aryl methyl sites for hydroxylation is 1. The summed E-state index contributed by atoms with van der Waals surface area (Å²) in [5.41, 5.74) is 1.91. The summed E-state index contributed by atoms with van der Waals surface area (Å²) in [7, 11) is 1.61. The smallest absolute Gasteiger partial charge is 0.232 e. The number of hydrogen-bond acceptors (Lipinski definition) is 4. The van der Waals surface area contributed by atoms with Crippen LogP contribution in [0.4, 0.5) is 0 Å². The van der Waals surface area contributed by atoms with Crippen molar-refractivity contribution >= 4 is 23.5 Å². The minimum absolute atomic E-state index is 0.00790. The summed E-state index contributed by atoms with van der Waals surface area (Å²) in [6.45, 7) is 3.36. The molecular formula is C22H25NO3S. The number of nitrogens with zero attached hydrogens (tertiary/aromatic N) is 1. The Morgan fingerprint density at radius 1 is 1.07 bits per heavy atom. The number of ether oxygens (including phenoxy) is 1. The Bertz CT molecular complexity index is 795. The molecule has 4 nitrogen and oxygen atoms in total. The van der Waals surface area contributed by atoms with Gasteiger partial charge in [0.1, 0.15) is 5.75 Å². The highest BCUT2D eigenvalue weighted by atomic mass is 32.2. The number of benzene rings is 2. The van der Waals surface area contributed by atoms with E-state index >= 15 is 0 Å². The van der Waals surface area contributed by atoms with E-state index in [-0.39, 0.29) is 17.6 Å². The van der Waals surface area contributed by atoms with Crippen LogP contribution in [0, 0.1) is 12.8 Å². The molecule has 0 unspecified atom stereocenters. The predicted octanol–water partition coefficient (Wildman–Crippen LogP) is 4.22. The van der Waals surface area contributed by atoms with Crippen molar-refractivity contribution in [3.05, 3.63) is 59.7 Å². The van der Waals surface area contributed by atoms with E-state index in [0.717, 1.165) is 29.1 Å². The number of rotatable bonds is 6. The van der Waals surface area contributed by atoms with Crippen LogP contribution >= 0.6 is 11.8 Å². The number of thioether (sulfide) groups is 1. The third kappa shape index (κ3) is 4.92. The fourth-order valence-corrected chi connectivity index (χ4v) is 4.26. The van der Waals surface area contributed by atoms with Gasteiger partial charge in [0.05, 0.1) is 12.9 Å². The molecule has 2 aromatic carbocycles. The molecule has 3 rings (SSSR count). The summed E-state index contributed by atoms with van der Waals surface area (Å²) in [4.78, 5) is 28.2. The van der Waals surface area contributed by atoms with Gasteiger partial charge in [0.2, 0.25) is 5.91 Å². The van der Waals surface area contributed by atoms with E-state index in [9.17, 15) is 9.59 Å². The van der Waals surface area contributed by atoms with Crippen LogP contribution < -0.4 is 4.74 Å². The third-order valence-corrected chi connectivity index (χ3v) is 6.20. The first kappa shape index (κ1) is 19.5. The van der Waals surface area contributed by atoms with Gasteiger partial charge >= 0.3 is 0 Å². The Kier molecular flexibility index (Phi) is 6.56. The SMILES string of the molecule is COc1ccc(C(=O)C2CCN(C(=O)CSc3ccccc3C)CC2)cc1. The first-order valence-electron chi connectivity index (χ1n) is 9.23. The lowest BCUT2D eigenvalue weighted by Gasteiger charge is -2.31. The van der Waals surface area contributed by atoms with Crippen LogP contribution in [0.15, 0.2) is 53.4 Å². The molecule has 142 valence electrons. The number of hydrogen-bond donors (Lipinski definition) is 0. The molecule has 1 aliphatic rings. The van der Waals surface area contributed by atoms with Crippen LogP contribution in [0.1, 0.15) is 28.8 Å². The average molecular weight is 384 g/mol. The lowest BCUT2D eigenvalue weighted by Crippen LogP contribution is -2.41. The summed E-state index contributed by atoms with van der Waals surface area (Å²) in [5.74, 6) is 1.50. The first-order valence-corrected chi connectivity index (χ1v) is 10.2. The Labute approximate surface area is 164 Å². The summed E-state index contributed by atoms with van der Waals surface area (Å²) < 4.78 is 5.14. The quantitative estimate of drug-likeness (QED) is 0.554. The Morgan fingerprint density at radius 2 is 1.74 bits per heavy atom. The number of piperidine rings is 1. The van der Waals surface area contributed by atoms with Crippen molar-refractivity contribution in [3.63, 3.8) is 0 Å². The molecule has 1 aliphatic heterocycles. The van der Waals surface area contributed by atoms with Crippen molar-refractivity contribution in [1.29, 1.82) is 0 Å². The Morgan fingerprint density at radius 3 is 2.37 bits per heavy atom. The van der Waals surface area contributed by atoms with Crippen molar-refractivity contribution in [1.82, 2.24) is 4.90 Å². The van der Waals surface area contributed by atoms with Crippen LogP contribution in [0.2, 0.25) is 0 Å². The fourth-order valence-electron chi connectivity index (χ4n) is 3.33. The van der Waals surface area contributed by atoms with Crippen molar-refractivity contribution in [2.24, 2.45) is 5.92 Å². The van der Waals surface area contributed by atoms with Gasteiger partial charge in [-0.15, -0.1) is 11.8 Å². The molecule has 2 aromatic rings. The molecule has 0 bridgehead atoms. The molecule has 0 spiro atoms. The number of amides is 1. The maximum atomic E-state index is 12.7. The van der Waals surface area contributed by atoms with Crippen LogP contribution in [-0.2, 0) is 4.79 Å². The van der Waals surface area contributed by atoms with Gasteiger partial charge in [0.25, 0.3) is 0 Å². The maximum absolute atomic E-state index is 12.7. The largest absolute Gasteiger partial charge is 0.497 e. The lowest BCUT2D eigenvalue weighted by molar-refractivity contribution is -0.129. The van der Waals surface area contributed by atoms with Gasteiger partial charge in [-0.1, -0.05) is 18.2 Å². The molecular weight excluding hydrogens is 358 g/mol. The van der Waals surface area contributed by atoms with Gasteiger partial charge in [-0.05, 0) is 55.7 Å². The van der Waals surface area contributed by atoms with E-state index in [1.54, 1.807) is 18.9 Å². The number of ketones is 1. The van der Waals surface area contributed by atoms with Gasteiger partial charge in [0.15, 0.2) is 5.78 Å². The zero-order valence-corrected chi connectivity index (χ0v) is 16.6. The van der Waals surface area contributed by atoms with E-state index < -0.39 is 0 Å². The Hall–Kier alpha value is -2.27. The topological polar surface area (TPSA) is 46.6 Å². The van der Waals surface area contributed by atoms with E-state index in [4.69, 9.17) is 4.74 Å². The molecule has 1 heterocycles. The van der Waals surface area contributed by atoms with E-state index in [1.165, 1.54) is 5.56 Å². The molecule has 0 aromatic heterocycles. The van der Waals surface area contributed by atoms with Gasteiger partial charge in [-0.25, -0.2) is 0 Å². The van der Waals surface area contributed by atoms with Crippen LogP contribution in [-0.4, -0.2) is 42.5 Å². The summed E-state index contributed by atoms with van der Waals surface area (Å²) >= 11 is 1.59. The zero-order chi connectivity index (χ0) is 19.2. The first-order chi connectivity index (χ1) is 13.1. The second-order valence-electron chi connectivity index (χ2n) is 6.80. The minimum Gasteiger partial charge on any atom is -0.497 e. The van der Waals surface area contributed by atoms with Gasteiger partial charge in [0, 0.05) is 29.5 Å². The highest BCUT2D eigenvalue weighted by molar-refractivity contribution is 8.00. The number of Topliss-reactive ketones (excluding diaryl/α,β-unsaturated/α-hetero) is 1. The average Bonchev–Trinajstić information content (AvgIpc) is 2.72. The minimum atomic E-state index is -0.00790. The monoisotopic (exact) mass is 383 g/mol. The number of methoxy groups -OCH3 is 1. The fraction of sp³-hybridized carbons (Fsp3) is 0.364. The van der Waals surface area contributed by atoms with Crippen LogP contribution in [0.5, 0.6) is 5.75 Å². The molecule has 1 saturated heterocycles. The van der Waals surface area contributed by atoms with Crippen LogP contribution in [0.3, 0.4) is 0 Å². The molecule has 0 N–H and O–H groups in total. The molecule has 0 aliphatic carbocycles. The summed E-state index contributed by atoms with van der Waals surface area (Å²) in [6.07, 6.45) is 1.46. The maximum Gasteiger partial charge on any atom is 0.232 e. The molecule has 0 saturated carbocycles. The van der Waals surface area contributed by atoms with Crippen molar-refractivity contribution in [2.75, 3.05) is 26.0 Å². The molecule has 0 atom stereocenters. The standard InChI is InChI=1S/C22H25NO3S/c1-16-5-3-4-6-20(16)27-15-21(24)23-13-11-18(12-14-23)22(25)17-7-9-19(26-2)10-8-17/h3-10,18H,11-15H2,1-2H3. The van der Waals surface area contributed by atoms with Crippen molar-refractivity contribution < 1.29 is 14.3 Å². The van der Waals surface area contributed by atoms with E-state index in [2.05, 4.69) is 13.0 Å². The summed E-state index contributed by atoms with van der Waals surface area (Å²) in [5, 5.41) is 0. The number of carbonyl (C=O) groups is 2. The highest BCUT2D eigenvalue weighted by Gasteiger charge is 2.27. The lowest BCUT2D eigenvalue weighted by atomic mass is 9.89. The second kappa shape index (κ2) is 9.09. The normalized spacial score (nSPS) is 14.8. The van der Waals surface area contributed by atoms with E-state index in [1.807, 2.05) is 47.4 Å².